The van der Waals surface area contributed by atoms with Gasteiger partial charge in [-0.2, -0.15) is 18.3 Å². The van der Waals surface area contributed by atoms with Crippen LogP contribution in [0.15, 0.2) is 58.4 Å². The third-order valence-corrected chi connectivity index (χ3v) is 7.92. The van der Waals surface area contributed by atoms with Crippen LogP contribution in [-0.2, 0) is 16.0 Å². The first kappa shape index (κ1) is 24.1. The number of sulfone groups is 1. The predicted octanol–water partition coefficient (Wildman–Crippen LogP) is 5.11. The molecule has 0 fully saturated rings. The Labute approximate surface area is 198 Å². The quantitative estimate of drug-likeness (QED) is 0.473. The van der Waals surface area contributed by atoms with Gasteiger partial charge < -0.3 is 9.47 Å². The number of ether oxygens (including phenoxy) is 2. The molecule has 2 atom stereocenters. The van der Waals surface area contributed by atoms with Gasteiger partial charge in [-0.05, 0) is 36.8 Å². The molecule has 1 aliphatic heterocycles. The topological polar surface area (TPSA) is 82.8 Å². The van der Waals surface area contributed by atoms with Gasteiger partial charge in [-0.25, -0.2) is 18.1 Å². The molecule has 12 heteroatoms. The molecule has 180 valence electrons. The Bertz CT molecular complexity index is 1370. The van der Waals surface area contributed by atoms with Gasteiger partial charge in [-0.1, -0.05) is 23.7 Å². The summed E-state index contributed by atoms with van der Waals surface area (Å²) in [6, 6.07) is 9.95. The minimum Gasteiger partial charge on any atom is -0.493 e. The summed E-state index contributed by atoms with van der Waals surface area (Å²) in [7, 11) is -1.40. The van der Waals surface area contributed by atoms with Crippen molar-refractivity contribution < 1.29 is 31.1 Å². The van der Waals surface area contributed by atoms with Crippen LogP contribution >= 0.6 is 11.6 Å². The van der Waals surface area contributed by atoms with Gasteiger partial charge in [0.15, 0.2) is 32.8 Å². The number of benzene rings is 2. The van der Waals surface area contributed by atoms with Crippen LogP contribution in [0.4, 0.5) is 19.0 Å². The number of fused-ring (bicyclic) bond motifs is 1. The molecule has 0 bridgehead atoms. The van der Waals surface area contributed by atoms with Gasteiger partial charge in [0.1, 0.15) is 11.3 Å². The van der Waals surface area contributed by atoms with Crippen LogP contribution in [0.1, 0.15) is 24.2 Å². The van der Waals surface area contributed by atoms with Crippen molar-refractivity contribution in [2.75, 3.05) is 14.2 Å². The Morgan fingerprint density at radius 2 is 1.65 bits per heavy atom. The highest BCUT2D eigenvalue weighted by molar-refractivity contribution is 7.93. The van der Waals surface area contributed by atoms with Crippen molar-refractivity contribution >= 4 is 33.0 Å². The molecule has 2 aromatic carbocycles. The zero-order valence-corrected chi connectivity index (χ0v) is 19.7. The number of aliphatic imine (C=N–C) groups is 1. The highest BCUT2D eigenvalue weighted by atomic mass is 35.5. The highest BCUT2D eigenvalue weighted by Gasteiger charge is 2.45. The Balaban J connectivity index is 1.93. The van der Waals surface area contributed by atoms with E-state index in [0.29, 0.717) is 16.3 Å². The Hall–Kier alpha value is -3.05. The van der Waals surface area contributed by atoms with E-state index in [4.69, 9.17) is 21.1 Å². The Morgan fingerprint density at radius 3 is 2.24 bits per heavy atom. The third-order valence-electron chi connectivity index (χ3n) is 5.49. The first-order valence-electron chi connectivity index (χ1n) is 9.90. The summed E-state index contributed by atoms with van der Waals surface area (Å²) in [5.74, 6) is 0.425. The molecule has 1 aliphatic rings. The molecular formula is C22H19ClF3N3O4S. The molecule has 0 aliphatic carbocycles. The SMILES string of the molecule is COc1ccc(S(=O)(=O)C2C(C)=Nc3cc(C(F)(F)F)nn3C2c2ccc(Cl)cc2)cc1OC. The molecule has 0 saturated heterocycles. The van der Waals surface area contributed by atoms with E-state index in [-0.39, 0.29) is 22.2 Å². The van der Waals surface area contributed by atoms with Crippen LogP contribution in [0.2, 0.25) is 5.02 Å². The number of halogens is 4. The molecule has 34 heavy (non-hydrogen) atoms. The maximum absolute atomic E-state index is 13.9. The summed E-state index contributed by atoms with van der Waals surface area (Å²) in [5, 5.41) is 2.74. The van der Waals surface area contributed by atoms with Gasteiger partial charge in [0.2, 0.25) is 0 Å². The average Bonchev–Trinajstić information content (AvgIpc) is 3.22. The molecule has 3 aromatic rings. The smallest absolute Gasteiger partial charge is 0.435 e. The predicted molar refractivity (Wildman–Crippen MR) is 120 cm³/mol. The van der Waals surface area contributed by atoms with Crippen molar-refractivity contribution in [1.29, 1.82) is 0 Å². The molecular weight excluding hydrogens is 495 g/mol. The number of hydrogen-bond donors (Lipinski definition) is 0. The number of nitrogens with zero attached hydrogens (tertiary/aromatic N) is 3. The normalized spacial score (nSPS) is 18.3. The van der Waals surface area contributed by atoms with Gasteiger partial charge in [0.25, 0.3) is 0 Å². The third kappa shape index (κ3) is 4.14. The molecule has 0 radical (unpaired) electrons. The van der Waals surface area contributed by atoms with E-state index in [9.17, 15) is 21.6 Å². The van der Waals surface area contributed by atoms with E-state index < -0.39 is 33.0 Å². The molecule has 7 nitrogen and oxygen atoms in total. The second-order valence-corrected chi connectivity index (χ2v) is 10.1. The van der Waals surface area contributed by atoms with Gasteiger partial charge in [-0.15, -0.1) is 0 Å². The van der Waals surface area contributed by atoms with Crippen LogP contribution in [-0.4, -0.2) is 43.4 Å². The second-order valence-electron chi connectivity index (χ2n) is 7.56. The minimum absolute atomic E-state index is 0.0939. The lowest BCUT2D eigenvalue weighted by molar-refractivity contribution is -0.141. The van der Waals surface area contributed by atoms with Crippen molar-refractivity contribution in [3.05, 3.63) is 64.8 Å². The first-order valence-corrected chi connectivity index (χ1v) is 11.8. The maximum atomic E-state index is 13.9. The zero-order chi connectivity index (χ0) is 24.8. The highest BCUT2D eigenvalue weighted by Crippen LogP contribution is 2.42. The molecule has 2 heterocycles. The number of hydrogen-bond acceptors (Lipinski definition) is 6. The maximum Gasteiger partial charge on any atom is 0.435 e. The number of aromatic nitrogens is 2. The van der Waals surface area contributed by atoms with Crippen LogP contribution < -0.4 is 9.47 Å². The van der Waals surface area contributed by atoms with Gasteiger partial charge >= 0.3 is 6.18 Å². The summed E-state index contributed by atoms with van der Waals surface area (Å²) < 4.78 is 79.4. The minimum atomic E-state index is -4.73. The van der Waals surface area contributed by atoms with Crippen molar-refractivity contribution in [2.45, 2.75) is 29.3 Å². The standard InChI is InChI=1S/C22H19ClF3N3O4S/c1-12-21(34(30,31)15-8-9-16(32-2)17(10-15)33-3)20(13-4-6-14(23)7-5-13)29-19(27-12)11-18(28-29)22(24,25)26/h4-11,20-21H,1-3H3. The molecule has 0 saturated carbocycles. The fourth-order valence-electron chi connectivity index (χ4n) is 3.92. The number of methoxy groups -OCH3 is 2. The fraction of sp³-hybridized carbons (Fsp3) is 0.273. The summed E-state index contributed by atoms with van der Waals surface area (Å²) in [6.07, 6.45) is -4.73. The lowest BCUT2D eigenvalue weighted by Gasteiger charge is -2.32. The average molecular weight is 514 g/mol. The van der Waals surface area contributed by atoms with Crippen LogP contribution in [0, 0.1) is 0 Å². The van der Waals surface area contributed by atoms with E-state index in [1.807, 2.05) is 0 Å². The van der Waals surface area contributed by atoms with E-state index in [0.717, 1.165) is 10.7 Å². The van der Waals surface area contributed by atoms with E-state index in [2.05, 4.69) is 10.1 Å². The molecule has 0 spiro atoms. The fourth-order valence-corrected chi connectivity index (χ4v) is 5.98. The largest absolute Gasteiger partial charge is 0.493 e. The lowest BCUT2D eigenvalue weighted by Crippen LogP contribution is -2.41. The van der Waals surface area contributed by atoms with Gasteiger partial charge in [-0.3, -0.25) is 0 Å². The Kier molecular flexibility index (Phi) is 6.11. The molecule has 4 rings (SSSR count). The summed E-state index contributed by atoms with van der Waals surface area (Å²) in [4.78, 5) is 4.08. The summed E-state index contributed by atoms with van der Waals surface area (Å²) >= 11 is 5.99. The van der Waals surface area contributed by atoms with E-state index >= 15 is 0 Å². The Morgan fingerprint density at radius 1 is 1.00 bits per heavy atom. The monoisotopic (exact) mass is 513 g/mol. The molecule has 1 aromatic heterocycles. The van der Waals surface area contributed by atoms with Gasteiger partial charge in [0.05, 0.1) is 19.1 Å². The van der Waals surface area contributed by atoms with Crippen LogP contribution in [0.25, 0.3) is 0 Å². The molecule has 2 unspecified atom stereocenters. The summed E-state index contributed by atoms with van der Waals surface area (Å²) in [5.41, 5.74) is -0.635. The van der Waals surface area contributed by atoms with E-state index in [1.165, 1.54) is 51.5 Å². The van der Waals surface area contributed by atoms with Crippen molar-refractivity contribution in [3.63, 3.8) is 0 Å². The number of alkyl halides is 3. The zero-order valence-electron chi connectivity index (χ0n) is 18.2. The molecule has 0 amide bonds. The van der Waals surface area contributed by atoms with Crippen molar-refractivity contribution in [2.24, 2.45) is 4.99 Å². The summed E-state index contributed by atoms with van der Waals surface area (Å²) in [6.45, 7) is 1.47. The number of rotatable bonds is 5. The van der Waals surface area contributed by atoms with Crippen LogP contribution in [0.5, 0.6) is 11.5 Å². The molecule has 0 N–H and O–H groups in total. The lowest BCUT2D eigenvalue weighted by atomic mass is 10.00. The van der Waals surface area contributed by atoms with Gasteiger partial charge in [0, 0.05) is 22.9 Å². The van der Waals surface area contributed by atoms with Crippen LogP contribution in [0.3, 0.4) is 0 Å². The van der Waals surface area contributed by atoms with Crippen molar-refractivity contribution in [1.82, 2.24) is 9.78 Å². The van der Waals surface area contributed by atoms with Crippen molar-refractivity contribution in [3.8, 4) is 11.5 Å². The first-order chi connectivity index (χ1) is 16.0. The van der Waals surface area contributed by atoms with E-state index in [1.54, 1.807) is 12.1 Å². The second kappa shape index (κ2) is 8.62.